The van der Waals surface area contributed by atoms with Gasteiger partial charge in [0.2, 0.25) is 0 Å². The average Bonchev–Trinajstić information content (AvgIpc) is 3.20. The maximum absolute atomic E-state index is 13.9. The molecule has 1 N–H and O–H groups in total. The van der Waals surface area contributed by atoms with Gasteiger partial charge in [0, 0.05) is 0 Å². The summed E-state index contributed by atoms with van der Waals surface area (Å²) >= 11 is 3.26. The second kappa shape index (κ2) is 12.4. The molecule has 1 atom stereocenters. The molecular weight excluding hydrogens is 647 g/mol. The van der Waals surface area contributed by atoms with Crippen molar-refractivity contribution < 1.29 is 28.9 Å². The van der Waals surface area contributed by atoms with Crippen LogP contribution in [0.25, 0.3) is 6.08 Å². The fraction of sp³-hybridized carbons (Fsp3) is 0.310. The maximum Gasteiger partial charge on any atom is 0.341 e. The summed E-state index contributed by atoms with van der Waals surface area (Å²) in [7, 11) is 1.46. The van der Waals surface area contributed by atoms with E-state index in [2.05, 4.69) is 18.8 Å². The minimum Gasteiger partial charge on any atom is -0.493 e. The van der Waals surface area contributed by atoms with Gasteiger partial charge in [0.1, 0.15) is 0 Å². The molecule has 0 spiro atoms. The van der Waals surface area contributed by atoms with E-state index in [-0.39, 0.29) is 12.2 Å². The lowest BCUT2D eigenvalue weighted by Crippen LogP contribution is -2.39. The number of halogens is 1. The molecule has 1 aromatic heterocycles. The molecule has 2 aromatic carbocycles. The number of carbonyl (C=O) groups is 2. The fourth-order valence-corrected chi connectivity index (χ4v) is 6.25. The summed E-state index contributed by atoms with van der Waals surface area (Å²) in [5.41, 5.74) is 3.12. The van der Waals surface area contributed by atoms with Crippen LogP contribution in [0.2, 0.25) is 0 Å². The van der Waals surface area contributed by atoms with Crippen molar-refractivity contribution in [3.8, 4) is 11.5 Å². The molecule has 0 aliphatic carbocycles. The molecule has 3 aromatic rings. The molecule has 4 rings (SSSR count). The molecule has 11 heteroatoms. The number of carboxylic acid groups (broad SMARTS) is 1. The van der Waals surface area contributed by atoms with Crippen molar-refractivity contribution >= 4 is 51.9 Å². The second-order valence-corrected chi connectivity index (χ2v) is 11.5. The number of fused-ring (bicyclic) bond motifs is 1. The van der Waals surface area contributed by atoms with Crippen molar-refractivity contribution in [1.29, 1.82) is 0 Å². The van der Waals surface area contributed by atoms with Crippen molar-refractivity contribution in [2.45, 2.75) is 39.7 Å². The molecule has 0 unspecified atom stereocenters. The number of allylic oxidation sites excluding steroid dienone is 1. The zero-order chi connectivity index (χ0) is 29.1. The highest BCUT2D eigenvalue weighted by Crippen LogP contribution is 2.34. The number of hydrogen-bond acceptors (Lipinski definition) is 8. The van der Waals surface area contributed by atoms with Crippen molar-refractivity contribution in [2.75, 3.05) is 20.3 Å². The van der Waals surface area contributed by atoms with Gasteiger partial charge >= 0.3 is 11.9 Å². The lowest BCUT2D eigenvalue weighted by atomic mass is 9.93. The van der Waals surface area contributed by atoms with Crippen LogP contribution in [-0.4, -0.2) is 41.9 Å². The minimum absolute atomic E-state index is 0.200. The Kier molecular flexibility index (Phi) is 9.14. The van der Waals surface area contributed by atoms with Crippen LogP contribution in [0, 0.1) is 3.57 Å². The van der Waals surface area contributed by atoms with Crippen molar-refractivity contribution in [3.05, 3.63) is 87.6 Å². The van der Waals surface area contributed by atoms with Gasteiger partial charge in [-0.2, -0.15) is 0 Å². The maximum atomic E-state index is 13.9. The number of aliphatic carboxylic acids is 1. The molecule has 9 nitrogen and oxygen atoms in total. The molecule has 0 bridgehead atoms. The first-order valence-electron chi connectivity index (χ1n) is 12.6. The van der Waals surface area contributed by atoms with Crippen LogP contribution in [-0.2, 0) is 14.3 Å². The van der Waals surface area contributed by atoms with Gasteiger partial charge in [0.05, 0.1) is 39.1 Å². The quantitative estimate of drug-likeness (QED) is 0.269. The van der Waals surface area contributed by atoms with E-state index in [0.717, 1.165) is 11.1 Å². The van der Waals surface area contributed by atoms with E-state index in [1.807, 2.05) is 46.9 Å². The van der Waals surface area contributed by atoms with Crippen molar-refractivity contribution in [1.82, 2.24) is 4.57 Å². The number of carboxylic acids is 1. The molecule has 0 radical (unpaired) electrons. The predicted octanol–water partition coefficient (Wildman–Crippen LogP) is 4.00. The van der Waals surface area contributed by atoms with E-state index >= 15 is 0 Å². The van der Waals surface area contributed by atoms with E-state index in [4.69, 9.17) is 19.3 Å². The van der Waals surface area contributed by atoms with Gasteiger partial charge in [-0.15, -0.1) is 0 Å². The standard InChI is InChI=1S/C29H29IN2O7S/c1-6-38-28(36)24-16(4)31-29-32(25(24)19-9-7-18(8-10-19)15(2)3)27(35)22(40-29)13-17-11-20(30)26(21(12-17)37-5)39-14-23(33)34/h7-13,15,25H,6,14H2,1-5H3,(H,33,34)/b22-13-/t25-/m1/s1. The number of carbonyl (C=O) groups excluding carboxylic acids is 1. The summed E-state index contributed by atoms with van der Waals surface area (Å²) in [6, 6.07) is 10.7. The van der Waals surface area contributed by atoms with Gasteiger partial charge in [0.25, 0.3) is 5.56 Å². The molecule has 1 aliphatic heterocycles. The van der Waals surface area contributed by atoms with Gasteiger partial charge in [0.15, 0.2) is 22.9 Å². The topological polar surface area (TPSA) is 116 Å². The Labute approximate surface area is 248 Å². The largest absolute Gasteiger partial charge is 0.493 e. The monoisotopic (exact) mass is 676 g/mol. The second-order valence-electron chi connectivity index (χ2n) is 9.34. The Bertz CT molecular complexity index is 1670. The smallest absolute Gasteiger partial charge is 0.341 e. The number of rotatable bonds is 9. The average molecular weight is 677 g/mol. The molecule has 210 valence electrons. The Balaban J connectivity index is 1.88. The zero-order valence-electron chi connectivity index (χ0n) is 22.7. The van der Waals surface area contributed by atoms with Crippen LogP contribution in [0.3, 0.4) is 0 Å². The fourth-order valence-electron chi connectivity index (χ4n) is 4.42. The van der Waals surface area contributed by atoms with Crippen molar-refractivity contribution in [3.63, 3.8) is 0 Å². The first kappa shape index (κ1) is 29.5. The van der Waals surface area contributed by atoms with Crippen LogP contribution in [0.5, 0.6) is 11.5 Å². The molecule has 0 amide bonds. The summed E-state index contributed by atoms with van der Waals surface area (Å²) in [6.07, 6.45) is 1.72. The SMILES string of the molecule is CCOC(=O)C1=C(C)N=c2s/c(=C\c3cc(I)c(OCC(=O)O)c(OC)c3)c(=O)n2[C@@H]1c1ccc(C(C)C)cc1. The van der Waals surface area contributed by atoms with E-state index in [9.17, 15) is 14.4 Å². The number of thiazole rings is 1. The van der Waals surface area contributed by atoms with E-state index in [1.165, 1.54) is 18.4 Å². The summed E-state index contributed by atoms with van der Waals surface area (Å²) in [6.45, 7) is 7.39. The number of nitrogens with zero attached hydrogens (tertiary/aromatic N) is 2. The third-order valence-corrected chi connectivity index (χ3v) is 8.11. The van der Waals surface area contributed by atoms with Gasteiger partial charge in [-0.1, -0.05) is 49.4 Å². The number of aromatic nitrogens is 1. The number of esters is 1. The molecule has 1 aliphatic rings. The summed E-state index contributed by atoms with van der Waals surface area (Å²) < 4.78 is 18.8. The normalized spacial score (nSPS) is 15.1. The molecule has 0 saturated carbocycles. The van der Waals surface area contributed by atoms with Gasteiger partial charge in [-0.25, -0.2) is 14.6 Å². The molecule has 40 heavy (non-hydrogen) atoms. The summed E-state index contributed by atoms with van der Waals surface area (Å²) in [5.74, 6) is -0.626. The Hall–Kier alpha value is -3.45. The molecule has 0 saturated heterocycles. The lowest BCUT2D eigenvalue weighted by molar-refractivity contribution is -0.140. The van der Waals surface area contributed by atoms with Crippen LogP contribution in [0.4, 0.5) is 0 Å². The van der Waals surface area contributed by atoms with Crippen LogP contribution in [0.1, 0.15) is 56.3 Å². The van der Waals surface area contributed by atoms with Gasteiger partial charge < -0.3 is 19.3 Å². The van der Waals surface area contributed by atoms with E-state index in [1.54, 1.807) is 36.6 Å². The Morgan fingerprint density at radius 2 is 1.93 bits per heavy atom. The van der Waals surface area contributed by atoms with Crippen LogP contribution >= 0.6 is 33.9 Å². The summed E-state index contributed by atoms with van der Waals surface area (Å²) in [4.78, 5) is 43.0. The highest BCUT2D eigenvalue weighted by molar-refractivity contribution is 14.1. The van der Waals surface area contributed by atoms with Crippen molar-refractivity contribution in [2.24, 2.45) is 4.99 Å². The first-order valence-corrected chi connectivity index (χ1v) is 14.5. The zero-order valence-corrected chi connectivity index (χ0v) is 25.7. The summed E-state index contributed by atoms with van der Waals surface area (Å²) in [5, 5.41) is 8.98. The number of methoxy groups -OCH3 is 1. The number of benzene rings is 2. The first-order chi connectivity index (χ1) is 19.0. The van der Waals surface area contributed by atoms with Crippen LogP contribution in [0.15, 0.2) is 57.5 Å². The molecular formula is C29H29IN2O7S. The van der Waals surface area contributed by atoms with Gasteiger partial charge in [-0.05, 0) is 77.3 Å². The predicted molar refractivity (Wildman–Crippen MR) is 160 cm³/mol. The number of hydrogen-bond donors (Lipinski definition) is 1. The number of ether oxygens (including phenoxy) is 3. The lowest BCUT2D eigenvalue weighted by Gasteiger charge is -2.25. The van der Waals surface area contributed by atoms with E-state index in [0.29, 0.717) is 47.2 Å². The van der Waals surface area contributed by atoms with E-state index < -0.39 is 24.6 Å². The molecule has 0 fully saturated rings. The highest BCUT2D eigenvalue weighted by Gasteiger charge is 2.33. The van der Waals surface area contributed by atoms with Gasteiger partial charge in [-0.3, -0.25) is 9.36 Å². The molecule has 2 heterocycles. The Morgan fingerprint density at radius 3 is 2.52 bits per heavy atom. The minimum atomic E-state index is -1.10. The third kappa shape index (κ3) is 5.99. The highest BCUT2D eigenvalue weighted by atomic mass is 127. The van der Waals surface area contributed by atoms with Crippen LogP contribution < -0.4 is 24.4 Å². The Morgan fingerprint density at radius 1 is 1.23 bits per heavy atom. The third-order valence-electron chi connectivity index (χ3n) is 6.33.